The van der Waals surface area contributed by atoms with Gasteiger partial charge in [0.05, 0.1) is 19.1 Å². The number of primary amides is 1. The minimum absolute atomic E-state index is 0.0624. The minimum atomic E-state index is -0.462. The zero-order valence-corrected chi connectivity index (χ0v) is 14.6. The van der Waals surface area contributed by atoms with Crippen molar-refractivity contribution in [2.75, 3.05) is 19.7 Å². The number of hydrogen-bond acceptors (Lipinski definition) is 5. The Morgan fingerprint density at radius 2 is 1.77 bits per heavy atom. The summed E-state index contributed by atoms with van der Waals surface area (Å²) >= 11 is 0. The molecule has 26 heavy (non-hydrogen) atoms. The van der Waals surface area contributed by atoms with Crippen LogP contribution >= 0.6 is 0 Å². The van der Waals surface area contributed by atoms with E-state index in [-0.39, 0.29) is 11.7 Å². The Balaban J connectivity index is 1.66. The molecule has 2 aromatic rings. The molecule has 1 amide bonds. The van der Waals surface area contributed by atoms with Gasteiger partial charge in [-0.3, -0.25) is 14.6 Å². The Hall–Kier alpha value is -3.15. The number of carbonyl (C=O) groups is 2. The van der Waals surface area contributed by atoms with E-state index in [0.717, 1.165) is 17.1 Å². The van der Waals surface area contributed by atoms with Gasteiger partial charge in [0.25, 0.3) is 0 Å². The van der Waals surface area contributed by atoms with Crippen LogP contribution in [0.1, 0.15) is 33.2 Å². The van der Waals surface area contributed by atoms with E-state index in [1.807, 2.05) is 19.1 Å². The van der Waals surface area contributed by atoms with E-state index in [2.05, 4.69) is 10.3 Å². The summed E-state index contributed by atoms with van der Waals surface area (Å²) < 4.78 is 5.40. The van der Waals surface area contributed by atoms with Gasteiger partial charge in [-0.25, -0.2) is 0 Å². The van der Waals surface area contributed by atoms with Gasteiger partial charge in [-0.05, 0) is 43.3 Å². The van der Waals surface area contributed by atoms with Gasteiger partial charge in [0, 0.05) is 23.2 Å². The number of amidine groups is 1. The van der Waals surface area contributed by atoms with Gasteiger partial charge in [-0.15, -0.1) is 0 Å². The predicted molar refractivity (Wildman–Crippen MR) is 99.8 cm³/mol. The Labute approximate surface area is 152 Å². The number of nitrogens with two attached hydrogens (primary N) is 1. The molecular weight excluding hydrogens is 330 g/mol. The number of amides is 1. The number of ether oxygens (including phenoxy) is 1. The summed E-state index contributed by atoms with van der Waals surface area (Å²) in [6.07, 6.45) is 0. The molecule has 1 atom stereocenters. The summed E-state index contributed by atoms with van der Waals surface area (Å²) in [5.41, 5.74) is 7.22. The van der Waals surface area contributed by atoms with Gasteiger partial charge in [-0.1, -0.05) is 12.1 Å². The maximum absolute atomic E-state index is 12.6. The molecule has 0 saturated carbocycles. The number of benzene rings is 2. The van der Waals surface area contributed by atoms with Crippen LogP contribution in [-0.4, -0.2) is 37.2 Å². The summed E-state index contributed by atoms with van der Waals surface area (Å²) in [5, 5.41) is 3.20. The summed E-state index contributed by atoms with van der Waals surface area (Å²) in [4.78, 5) is 28.3. The minimum Gasteiger partial charge on any atom is -0.494 e. The smallest absolute Gasteiger partial charge is 0.248 e. The van der Waals surface area contributed by atoms with Gasteiger partial charge >= 0.3 is 0 Å². The fourth-order valence-corrected chi connectivity index (χ4v) is 2.82. The number of nitrogens with zero attached hydrogens (tertiary/aromatic N) is 1. The first-order valence-electron chi connectivity index (χ1n) is 8.54. The van der Waals surface area contributed by atoms with Crippen LogP contribution in [0, 0.1) is 5.92 Å². The Morgan fingerprint density at radius 3 is 2.31 bits per heavy atom. The molecule has 0 aliphatic carbocycles. The molecule has 3 N–H and O–H groups in total. The van der Waals surface area contributed by atoms with Gasteiger partial charge in [0.2, 0.25) is 5.91 Å². The highest BCUT2D eigenvalue weighted by Gasteiger charge is 2.24. The average Bonchev–Trinajstić information content (AvgIpc) is 2.68. The number of carbonyl (C=O) groups excluding carboxylic acids is 2. The third kappa shape index (κ3) is 3.91. The molecule has 3 rings (SSSR count). The van der Waals surface area contributed by atoms with Crippen LogP contribution in [0.4, 0.5) is 0 Å². The van der Waals surface area contributed by atoms with Crippen molar-refractivity contribution in [3.05, 3.63) is 65.2 Å². The molecule has 2 aromatic carbocycles. The SMILES string of the molecule is CCOc1ccc(C(=O)C2CN=C(c3ccc(C(N)=O)cc3)NC2)cc1. The van der Waals surface area contributed by atoms with Crippen molar-refractivity contribution < 1.29 is 14.3 Å². The highest BCUT2D eigenvalue weighted by Crippen LogP contribution is 2.17. The number of nitrogens with one attached hydrogen (secondary N) is 1. The van der Waals surface area contributed by atoms with E-state index in [9.17, 15) is 9.59 Å². The second-order valence-corrected chi connectivity index (χ2v) is 6.03. The molecule has 0 spiro atoms. The van der Waals surface area contributed by atoms with Crippen molar-refractivity contribution in [3.63, 3.8) is 0 Å². The molecule has 0 aromatic heterocycles. The fourth-order valence-electron chi connectivity index (χ4n) is 2.82. The molecule has 6 nitrogen and oxygen atoms in total. The van der Waals surface area contributed by atoms with Crippen LogP contribution in [0.5, 0.6) is 5.75 Å². The third-order valence-corrected chi connectivity index (χ3v) is 4.25. The summed E-state index contributed by atoms with van der Waals surface area (Å²) in [5.74, 6) is 0.868. The number of hydrogen-bond donors (Lipinski definition) is 2. The monoisotopic (exact) mass is 351 g/mol. The van der Waals surface area contributed by atoms with Gasteiger partial charge in [0.15, 0.2) is 5.78 Å². The zero-order chi connectivity index (χ0) is 18.5. The van der Waals surface area contributed by atoms with Crippen molar-refractivity contribution in [3.8, 4) is 5.75 Å². The second-order valence-electron chi connectivity index (χ2n) is 6.03. The van der Waals surface area contributed by atoms with E-state index < -0.39 is 5.91 Å². The van der Waals surface area contributed by atoms with Crippen molar-refractivity contribution in [1.82, 2.24) is 5.32 Å². The van der Waals surface area contributed by atoms with Crippen LogP contribution in [0.3, 0.4) is 0 Å². The highest BCUT2D eigenvalue weighted by atomic mass is 16.5. The standard InChI is InChI=1S/C20H21N3O3/c1-2-26-17-9-7-13(8-10-17)18(24)16-11-22-20(23-12-16)15-5-3-14(4-6-15)19(21)25/h3-10,16H,2,11-12H2,1H3,(H2,21,25)(H,22,23). The summed E-state index contributed by atoms with van der Waals surface area (Å²) in [7, 11) is 0. The Morgan fingerprint density at radius 1 is 1.12 bits per heavy atom. The van der Waals surface area contributed by atoms with Crippen LogP contribution in [0.25, 0.3) is 0 Å². The van der Waals surface area contributed by atoms with E-state index in [1.54, 1.807) is 36.4 Å². The first kappa shape index (κ1) is 17.7. The number of rotatable bonds is 6. The van der Waals surface area contributed by atoms with Crippen molar-refractivity contribution in [2.45, 2.75) is 6.92 Å². The highest BCUT2D eigenvalue weighted by molar-refractivity contribution is 6.03. The van der Waals surface area contributed by atoms with E-state index in [1.165, 1.54) is 0 Å². The lowest BCUT2D eigenvalue weighted by Gasteiger charge is -2.22. The normalized spacial score (nSPS) is 16.3. The Bertz CT molecular complexity index is 826. The lowest BCUT2D eigenvalue weighted by molar-refractivity contribution is 0.0923. The largest absolute Gasteiger partial charge is 0.494 e. The second kappa shape index (κ2) is 7.82. The van der Waals surface area contributed by atoms with Gasteiger partial charge in [-0.2, -0.15) is 0 Å². The van der Waals surface area contributed by atoms with Crippen LogP contribution in [0.15, 0.2) is 53.5 Å². The first-order valence-corrected chi connectivity index (χ1v) is 8.54. The molecular formula is C20H21N3O3. The zero-order valence-electron chi connectivity index (χ0n) is 14.6. The van der Waals surface area contributed by atoms with Crippen LogP contribution < -0.4 is 15.8 Å². The van der Waals surface area contributed by atoms with Crippen LogP contribution in [0.2, 0.25) is 0 Å². The molecule has 0 saturated heterocycles. The van der Waals surface area contributed by atoms with Crippen LogP contribution in [-0.2, 0) is 0 Å². The number of Topliss-reactive ketones (excluding diaryl/α,β-unsaturated/α-hetero) is 1. The number of aliphatic imine (C=N–C) groups is 1. The van der Waals surface area contributed by atoms with E-state index in [4.69, 9.17) is 10.5 Å². The predicted octanol–water partition coefficient (Wildman–Crippen LogP) is 2.03. The number of ketones is 1. The molecule has 0 fully saturated rings. The molecule has 0 radical (unpaired) electrons. The lowest BCUT2D eigenvalue weighted by atomic mass is 9.96. The van der Waals surface area contributed by atoms with E-state index in [0.29, 0.717) is 30.8 Å². The molecule has 1 heterocycles. The van der Waals surface area contributed by atoms with Gasteiger partial charge in [0.1, 0.15) is 11.6 Å². The summed E-state index contributed by atoms with van der Waals surface area (Å²) in [6.45, 7) is 3.45. The van der Waals surface area contributed by atoms with Gasteiger partial charge < -0.3 is 15.8 Å². The molecule has 0 bridgehead atoms. The van der Waals surface area contributed by atoms with Crippen molar-refractivity contribution in [1.29, 1.82) is 0 Å². The molecule has 6 heteroatoms. The third-order valence-electron chi connectivity index (χ3n) is 4.25. The Kier molecular flexibility index (Phi) is 5.31. The van der Waals surface area contributed by atoms with Crippen molar-refractivity contribution >= 4 is 17.5 Å². The molecule has 1 unspecified atom stereocenters. The van der Waals surface area contributed by atoms with E-state index >= 15 is 0 Å². The molecule has 1 aliphatic rings. The maximum atomic E-state index is 12.6. The molecule has 1 aliphatic heterocycles. The average molecular weight is 351 g/mol. The summed E-state index contributed by atoms with van der Waals surface area (Å²) in [6, 6.07) is 14.1. The quantitative estimate of drug-likeness (QED) is 0.779. The maximum Gasteiger partial charge on any atom is 0.248 e. The lowest BCUT2D eigenvalue weighted by Crippen LogP contribution is -2.39. The first-order chi connectivity index (χ1) is 12.6. The topological polar surface area (TPSA) is 93.8 Å². The van der Waals surface area contributed by atoms with Crippen molar-refractivity contribution in [2.24, 2.45) is 16.6 Å². The fraction of sp³-hybridized carbons (Fsp3) is 0.250. The molecule has 134 valence electrons.